The minimum atomic E-state index is -0.891. The molecule has 0 spiro atoms. The number of aromatic carboxylic acids is 1. The second kappa shape index (κ2) is 8.88. The predicted octanol–water partition coefficient (Wildman–Crippen LogP) is 2.77. The first-order valence-electron chi connectivity index (χ1n) is 9.07. The Morgan fingerprint density at radius 3 is 2.56 bits per heavy atom. The molecule has 0 amide bonds. The standard InChI is InChI=1S/C21H26N2O4/c1-26-19-9-16(10-20(11-19)27-2)13-23-7-6-18(14-23)22-12-15-4-3-5-17(8-15)21(24)25/h3-5,8-11,18,22H,6-7,12-14H2,1-2H3,(H,24,25). The van der Waals surface area contributed by atoms with E-state index in [2.05, 4.69) is 10.2 Å². The molecule has 0 aliphatic carbocycles. The van der Waals surface area contributed by atoms with Crippen LogP contribution in [0.1, 0.15) is 27.9 Å². The van der Waals surface area contributed by atoms with Gasteiger partial charge in [-0.05, 0) is 41.8 Å². The van der Waals surface area contributed by atoms with Gasteiger partial charge in [-0.3, -0.25) is 4.90 Å². The second-order valence-corrected chi connectivity index (χ2v) is 6.83. The number of hydrogen-bond acceptors (Lipinski definition) is 5. The van der Waals surface area contributed by atoms with E-state index in [9.17, 15) is 4.79 Å². The molecule has 1 unspecified atom stereocenters. The van der Waals surface area contributed by atoms with Crippen LogP contribution in [0.5, 0.6) is 11.5 Å². The molecule has 1 aliphatic heterocycles. The maximum Gasteiger partial charge on any atom is 0.335 e. The van der Waals surface area contributed by atoms with Crippen LogP contribution in [0.15, 0.2) is 42.5 Å². The summed E-state index contributed by atoms with van der Waals surface area (Å²) >= 11 is 0. The molecular weight excluding hydrogens is 344 g/mol. The molecule has 1 atom stereocenters. The number of carboxylic acid groups (broad SMARTS) is 1. The van der Waals surface area contributed by atoms with Gasteiger partial charge in [0.25, 0.3) is 0 Å². The van der Waals surface area contributed by atoms with Gasteiger partial charge in [-0.25, -0.2) is 4.79 Å². The van der Waals surface area contributed by atoms with Crippen LogP contribution in [0.25, 0.3) is 0 Å². The number of benzene rings is 2. The van der Waals surface area contributed by atoms with Crippen molar-refractivity contribution in [1.29, 1.82) is 0 Å². The number of nitrogens with zero attached hydrogens (tertiary/aromatic N) is 1. The summed E-state index contributed by atoms with van der Waals surface area (Å²) < 4.78 is 10.7. The van der Waals surface area contributed by atoms with Crippen molar-refractivity contribution in [3.05, 3.63) is 59.2 Å². The molecule has 0 bridgehead atoms. The first-order valence-corrected chi connectivity index (χ1v) is 9.07. The number of ether oxygens (including phenoxy) is 2. The lowest BCUT2D eigenvalue weighted by Gasteiger charge is -2.18. The number of nitrogens with one attached hydrogen (secondary N) is 1. The molecular formula is C21H26N2O4. The Labute approximate surface area is 159 Å². The van der Waals surface area contributed by atoms with Crippen molar-refractivity contribution in [3.63, 3.8) is 0 Å². The third-order valence-electron chi connectivity index (χ3n) is 4.86. The summed E-state index contributed by atoms with van der Waals surface area (Å²) in [5.41, 5.74) is 2.49. The minimum absolute atomic E-state index is 0.328. The van der Waals surface area contributed by atoms with Crippen molar-refractivity contribution in [1.82, 2.24) is 10.2 Å². The normalized spacial score (nSPS) is 17.0. The van der Waals surface area contributed by atoms with Crippen molar-refractivity contribution < 1.29 is 19.4 Å². The first-order chi connectivity index (χ1) is 13.1. The molecule has 0 radical (unpaired) electrons. The summed E-state index contributed by atoms with van der Waals surface area (Å²) in [6.07, 6.45) is 1.07. The zero-order valence-corrected chi connectivity index (χ0v) is 15.8. The Balaban J connectivity index is 1.53. The fraction of sp³-hybridized carbons (Fsp3) is 0.381. The number of carbonyl (C=O) groups is 1. The number of likely N-dealkylation sites (tertiary alicyclic amines) is 1. The Kier molecular flexibility index (Phi) is 6.32. The third kappa shape index (κ3) is 5.21. The molecule has 2 N–H and O–H groups in total. The fourth-order valence-electron chi connectivity index (χ4n) is 3.44. The van der Waals surface area contributed by atoms with Crippen molar-refractivity contribution in [2.75, 3.05) is 27.3 Å². The average molecular weight is 370 g/mol. The second-order valence-electron chi connectivity index (χ2n) is 6.83. The van der Waals surface area contributed by atoms with Crippen molar-refractivity contribution in [2.45, 2.75) is 25.6 Å². The molecule has 6 nitrogen and oxygen atoms in total. The van der Waals surface area contributed by atoms with Gasteiger partial charge in [-0.15, -0.1) is 0 Å². The van der Waals surface area contributed by atoms with Gasteiger partial charge < -0.3 is 19.9 Å². The molecule has 2 aromatic rings. The maximum atomic E-state index is 11.1. The van der Waals surface area contributed by atoms with Crippen LogP contribution >= 0.6 is 0 Å². The summed E-state index contributed by atoms with van der Waals surface area (Å²) in [6.45, 7) is 3.50. The average Bonchev–Trinajstić information content (AvgIpc) is 3.13. The lowest BCUT2D eigenvalue weighted by molar-refractivity contribution is 0.0696. The summed E-state index contributed by atoms with van der Waals surface area (Å²) in [7, 11) is 3.32. The highest BCUT2D eigenvalue weighted by atomic mass is 16.5. The van der Waals surface area contributed by atoms with Crippen LogP contribution < -0.4 is 14.8 Å². The van der Waals surface area contributed by atoms with Gasteiger partial charge in [0.1, 0.15) is 11.5 Å². The SMILES string of the molecule is COc1cc(CN2CCC(NCc3cccc(C(=O)O)c3)C2)cc(OC)c1. The summed E-state index contributed by atoms with van der Waals surface area (Å²) in [5.74, 6) is 0.714. The molecule has 0 aromatic heterocycles. The molecule has 1 heterocycles. The summed E-state index contributed by atoms with van der Waals surface area (Å²) in [4.78, 5) is 13.5. The topological polar surface area (TPSA) is 71.0 Å². The van der Waals surface area contributed by atoms with Crippen molar-refractivity contribution >= 4 is 5.97 Å². The molecule has 1 saturated heterocycles. The number of rotatable bonds is 8. The van der Waals surface area contributed by atoms with E-state index in [0.29, 0.717) is 18.2 Å². The van der Waals surface area contributed by atoms with Crippen LogP contribution in [0, 0.1) is 0 Å². The van der Waals surface area contributed by atoms with E-state index >= 15 is 0 Å². The van der Waals surface area contributed by atoms with Crippen molar-refractivity contribution in [2.24, 2.45) is 0 Å². The lowest BCUT2D eigenvalue weighted by Crippen LogP contribution is -2.32. The molecule has 1 aliphatic rings. The van der Waals surface area contributed by atoms with Gasteiger partial charge >= 0.3 is 5.97 Å². The quantitative estimate of drug-likeness (QED) is 0.745. The number of methoxy groups -OCH3 is 2. The van der Waals surface area contributed by atoms with Gasteiger partial charge in [0.05, 0.1) is 19.8 Å². The monoisotopic (exact) mass is 370 g/mol. The van der Waals surface area contributed by atoms with E-state index in [1.54, 1.807) is 32.4 Å². The number of hydrogen-bond donors (Lipinski definition) is 2. The molecule has 144 valence electrons. The third-order valence-corrected chi connectivity index (χ3v) is 4.86. The van der Waals surface area contributed by atoms with E-state index < -0.39 is 5.97 Å². The van der Waals surface area contributed by atoms with Crippen LogP contribution in [0.2, 0.25) is 0 Å². The zero-order valence-electron chi connectivity index (χ0n) is 15.8. The Morgan fingerprint density at radius 1 is 1.15 bits per heavy atom. The van der Waals surface area contributed by atoms with E-state index in [1.165, 1.54) is 5.56 Å². The van der Waals surface area contributed by atoms with E-state index in [-0.39, 0.29) is 0 Å². The highest BCUT2D eigenvalue weighted by Gasteiger charge is 2.22. The molecule has 0 saturated carbocycles. The van der Waals surface area contributed by atoms with E-state index in [1.807, 2.05) is 24.3 Å². The highest BCUT2D eigenvalue weighted by Crippen LogP contribution is 2.24. The van der Waals surface area contributed by atoms with Crippen LogP contribution in [-0.4, -0.2) is 49.3 Å². The molecule has 2 aromatic carbocycles. The van der Waals surface area contributed by atoms with E-state index in [4.69, 9.17) is 14.6 Å². The Hall–Kier alpha value is -2.57. The van der Waals surface area contributed by atoms with E-state index in [0.717, 1.165) is 43.1 Å². The number of carboxylic acids is 1. The van der Waals surface area contributed by atoms with Gasteiger partial charge in [0.15, 0.2) is 0 Å². The molecule has 1 fully saturated rings. The van der Waals surface area contributed by atoms with Gasteiger partial charge in [-0.2, -0.15) is 0 Å². The van der Waals surface area contributed by atoms with Crippen LogP contribution in [-0.2, 0) is 13.1 Å². The van der Waals surface area contributed by atoms with Gasteiger partial charge in [0, 0.05) is 38.3 Å². The zero-order chi connectivity index (χ0) is 19.2. The molecule has 6 heteroatoms. The first kappa shape index (κ1) is 19.2. The Bertz CT molecular complexity index is 771. The maximum absolute atomic E-state index is 11.1. The van der Waals surface area contributed by atoms with Gasteiger partial charge in [-0.1, -0.05) is 12.1 Å². The lowest BCUT2D eigenvalue weighted by atomic mass is 10.1. The van der Waals surface area contributed by atoms with Crippen LogP contribution in [0.3, 0.4) is 0 Å². The minimum Gasteiger partial charge on any atom is -0.497 e. The highest BCUT2D eigenvalue weighted by molar-refractivity contribution is 5.87. The largest absolute Gasteiger partial charge is 0.497 e. The summed E-state index contributed by atoms with van der Waals surface area (Å²) in [5, 5.41) is 12.6. The predicted molar refractivity (Wildman–Crippen MR) is 103 cm³/mol. The van der Waals surface area contributed by atoms with Crippen molar-refractivity contribution in [3.8, 4) is 11.5 Å². The van der Waals surface area contributed by atoms with Crippen LogP contribution in [0.4, 0.5) is 0 Å². The fourth-order valence-corrected chi connectivity index (χ4v) is 3.44. The smallest absolute Gasteiger partial charge is 0.335 e. The molecule has 27 heavy (non-hydrogen) atoms. The van der Waals surface area contributed by atoms with Gasteiger partial charge in [0.2, 0.25) is 0 Å². The Morgan fingerprint density at radius 2 is 1.89 bits per heavy atom. The summed E-state index contributed by atoms with van der Waals surface area (Å²) in [6, 6.07) is 13.4. The molecule has 3 rings (SSSR count).